The lowest BCUT2D eigenvalue weighted by Gasteiger charge is -2.00. The van der Waals surface area contributed by atoms with Crippen LogP contribution in [0.15, 0.2) is 4.47 Å². The molecule has 2 aromatic heterocycles. The van der Waals surface area contributed by atoms with Crippen LogP contribution in [0.4, 0.5) is 5.95 Å². The highest BCUT2D eigenvalue weighted by atomic mass is 79.9. The second kappa shape index (κ2) is 4.12. The normalized spacial score (nSPS) is 10.5. The number of anilines is 1. The van der Waals surface area contributed by atoms with Gasteiger partial charge in [0.15, 0.2) is 0 Å². The summed E-state index contributed by atoms with van der Waals surface area (Å²) in [6.07, 6.45) is 0. The molecule has 2 aromatic rings. The zero-order chi connectivity index (χ0) is 11.7. The number of halogens is 1. The molecule has 8 heteroatoms. The Hall–Kier alpha value is -1.57. The van der Waals surface area contributed by atoms with Crippen LogP contribution >= 0.6 is 15.9 Å². The van der Waals surface area contributed by atoms with Crippen molar-refractivity contribution < 1.29 is 0 Å². The first-order valence-corrected chi connectivity index (χ1v) is 5.40. The van der Waals surface area contributed by atoms with Crippen molar-refractivity contribution in [3.63, 3.8) is 0 Å². The van der Waals surface area contributed by atoms with Crippen LogP contribution < -0.4 is 5.32 Å². The van der Waals surface area contributed by atoms with E-state index in [1.807, 2.05) is 13.8 Å². The molecule has 16 heavy (non-hydrogen) atoms. The zero-order valence-corrected chi connectivity index (χ0v) is 10.6. The van der Waals surface area contributed by atoms with Gasteiger partial charge in [-0.25, -0.2) is 0 Å². The number of hydrogen-bond donors (Lipinski definition) is 1. The van der Waals surface area contributed by atoms with Gasteiger partial charge in [-0.2, -0.15) is 9.78 Å². The third-order valence-electron chi connectivity index (χ3n) is 2.08. The minimum Gasteiger partial charge on any atom is -0.355 e. The van der Waals surface area contributed by atoms with Crippen LogP contribution in [-0.4, -0.2) is 37.2 Å². The number of nitrogens with zero attached hydrogens (tertiary/aromatic N) is 6. The van der Waals surface area contributed by atoms with Gasteiger partial charge in [0.05, 0.1) is 15.9 Å². The van der Waals surface area contributed by atoms with E-state index in [1.165, 1.54) is 0 Å². The molecule has 7 nitrogen and oxygen atoms in total. The Morgan fingerprint density at radius 1 is 1.12 bits per heavy atom. The molecule has 0 radical (unpaired) electrons. The standard InChI is InChI=1S/C8H10BrN7/c1-4-6(9)5(2)16(15-4)8-13-11-7(10-3)12-14-8/h1-3H3,(H,10,11,12). The Bertz CT molecular complexity index is 504. The molecule has 84 valence electrons. The molecule has 0 fully saturated rings. The fraction of sp³-hybridized carbons (Fsp3) is 0.375. The van der Waals surface area contributed by atoms with Crippen molar-refractivity contribution in [3.05, 3.63) is 15.9 Å². The van der Waals surface area contributed by atoms with Gasteiger partial charge in [0, 0.05) is 7.05 Å². The van der Waals surface area contributed by atoms with Crippen LogP contribution in [0, 0.1) is 13.8 Å². The minimum absolute atomic E-state index is 0.352. The lowest BCUT2D eigenvalue weighted by molar-refractivity contribution is 0.712. The molecule has 0 aliphatic heterocycles. The topological polar surface area (TPSA) is 81.4 Å². The molecule has 0 aliphatic carbocycles. The monoisotopic (exact) mass is 283 g/mol. The Kier molecular flexibility index (Phi) is 2.82. The van der Waals surface area contributed by atoms with Crippen molar-refractivity contribution in [2.75, 3.05) is 12.4 Å². The molecular weight excluding hydrogens is 274 g/mol. The number of aryl methyl sites for hydroxylation is 1. The summed E-state index contributed by atoms with van der Waals surface area (Å²) < 4.78 is 2.53. The van der Waals surface area contributed by atoms with E-state index in [9.17, 15) is 0 Å². The highest BCUT2D eigenvalue weighted by Crippen LogP contribution is 2.20. The van der Waals surface area contributed by atoms with Crippen LogP contribution in [0.5, 0.6) is 0 Å². The van der Waals surface area contributed by atoms with Gasteiger partial charge in [-0.3, -0.25) is 0 Å². The summed E-state index contributed by atoms with van der Waals surface area (Å²) in [4.78, 5) is 0. The summed E-state index contributed by atoms with van der Waals surface area (Å²) in [5.74, 6) is 0.731. The van der Waals surface area contributed by atoms with Gasteiger partial charge in [0.2, 0.25) is 0 Å². The molecule has 1 N–H and O–H groups in total. The van der Waals surface area contributed by atoms with Gasteiger partial charge in [0.25, 0.3) is 11.9 Å². The second-order valence-electron chi connectivity index (χ2n) is 3.17. The number of nitrogens with one attached hydrogen (secondary N) is 1. The lowest BCUT2D eigenvalue weighted by atomic mass is 10.4. The van der Waals surface area contributed by atoms with Crippen LogP contribution in [0.1, 0.15) is 11.4 Å². The van der Waals surface area contributed by atoms with Crippen molar-refractivity contribution in [2.24, 2.45) is 0 Å². The van der Waals surface area contributed by atoms with Gasteiger partial charge in [0.1, 0.15) is 0 Å². The maximum Gasteiger partial charge on any atom is 0.289 e. The first-order valence-electron chi connectivity index (χ1n) is 4.60. The zero-order valence-electron chi connectivity index (χ0n) is 9.06. The Morgan fingerprint density at radius 3 is 2.19 bits per heavy atom. The van der Waals surface area contributed by atoms with Crippen LogP contribution in [0.25, 0.3) is 5.95 Å². The summed E-state index contributed by atoms with van der Waals surface area (Å²) in [7, 11) is 1.71. The van der Waals surface area contributed by atoms with E-state index in [-0.39, 0.29) is 0 Å². The van der Waals surface area contributed by atoms with Gasteiger partial charge in [-0.1, -0.05) is 0 Å². The highest BCUT2D eigenvalue weighted by Gasteiger charge is 2.12. The summed E-state index contributed by atoms with van der Waals surface area (Å²) in [5.41, 5.74) is 1.79. The van der Waals surface area contributed by atoms with Gasteiger partial charge >= 0.3 is 0 Å². The van der Waals surface area contributed by atoms with E-state index in [0.29, 0.717) is 11.9 Å². The third kappa shape index (κ3) is 1.75. The third-order valence-corrected chi connectivity index (χ3v) is 3.23. The van der Waals surface area contributed by atoms with Crippen molar-refractivity contribution in [2.45, 2.75) is 13.8 Å². The number of aromatic nitrogens is 6. The van der Waals surface area contributed by atoms with E-state index in [0.717, 1.165) is 15.9 Å². The predicted octanol–water partition coefficient (Wildman–Crippen LogP) is 0.873. The predicted molar refractivity (Wildman–Crippen MR) is 61.5 cm³/mol. The lowest BCUT2D eigenvalue weighted by Crippen LogP contribution is -2.10. The first kappa shape index (κ1) is 10.9. The average molecular weight is 284 g/mol. The molecule has 0 bridgehead atoms. The Labute approximate surface area is 100 Å². The molecule has 0 unspecified atom stereocenters. The smallest absolute Gasteiger partial charge is 0.289 e. The van der Waals surface area contributed by atoms with Crippen molar-refractivity contribution >= 4 is 21.9 Å². The minimum atomic E-state index is 0.352. The van der Waals surface area contributed by atoms with Gasteiger partial charge in [-0.05, 0) is 29.8 Å². The largest absolute Gasteiger partial charge is 0.355 e. The average Bonchev–Trinajstić information content (AvgIpc) is 2.57. The number of hydrogen-bond acceptors (Lipinski definition) is 6. The molecule has 0 spiro atoms. The summed E-state index contributed by atoms with van der Waals surface area (Å²) in [6, 6.07) is 0. The molecule has 0 aromatic carbocycles. The van der Waals surface area contributed by atoms with Crippen molar-refractivity contribution in [3.8, 4) is 5.95 Å². The fourth-order valence-corrected chi connectivity index (χ4v) is 1.47. The van der Waals surface area contributed by atoms with Crippen LogP contribution in [0.3, 0.4) is 0 Å². The molecule has 0 saturated heterocycles. The second-order valence-corrected chi connectivity index (χ2v) is 3.96. The molecular formula is C8H10BrN7. The van der Waals surface area contributed by atoms with E-state index in [4.69, 9.17) is 0 Å². The fourth-order valence-electron chi connectivity index (χ4n) is 1.23. The van der Waals surface area contributed by atoms with Crippen LogP contribution in [0.2, 0.25) is 0 Å². The number of rotatable bonds is 2. The summed E-state index contributed by atoms with van der Waals surface area (Å²) in [6.45, 7) is 3.82. The molecule has 0 saturated carbocycles. The molecule has 0 atom stereocenters. The SMILES string of the molecule is CNc1nnc(-n2nc(C)c(Br)c2C)nn1. The van der Waals surface area contributed by atoms with E-state index in [2.05, 4.69) is 46.7 Å². The quantitative estimate of drug-likeness (QED) is 0.881. The first-order chi connectivity index (χ1) is 7.63. The van der Waals surface area contributed by atoms with Gasteiger partial charge < -0.3 is 5.32 Å². The molecule has 0 aliphatic rings. The molecule has 0 amide bonds. The maximum atomic E-state index is 4.28. The summed E-state index contributed by atoms with van der Waals surface area (Å²) in [5, 5.41) is 22.6. The van der Waals surface area contributed by atoms with E-state index >= 15 is 0 Å². The molecule has 2 rings (SSSR count). The Morgan fingerprint density at radius 2 is 1.75 bits per heavy atom. The maximum absolute atomic E-state index is 4.28. The van der Waals surface area contributed by atoms with Crippen molar-refractivity contribution in [1.29, 1.82) is 0 Å². The highest BCUT2D eigenvalue weighted by molar-refractivity contribution is 9.10. The van der Waals surface area contributed by atoms with E-state index in [1.54, 1.807) is 11.7 Å². The Balaban J connectivity index is 2.46. The van der Waals surface area contributed by atoms with E-state index < -0.39 is 0 Å². The molecule has 2 heterocycles. The summed E-state index contributed by atoms with van der Waals surface area (Å²) >= 11 is 3.43. The van der Waals surface area contributed by atoms with Crippen LogP contribution in [-0.2, 0) is 0 Å². The van der Waals surface area contributed by atoms with Crippen molar-refractivity contribution in [1.82, 2.24) is 30.2 Å². The van der Waals surface area contributed by atoms with Gasteiger partial charge in [-0.15, -0.1) is 20.4 Å².